The molecular weight excluding hydrogens is 344 g/mol. The van der Waals surface area contributed by atoms with Gasteiger partial charge in [0.05, 0.1) is 11.1 Å². The van der Waals surface area contributed by atoms with Gasteiger partial charge in [-0.3, -0.25) is 19.4 Å². The lowest BCUT2D eigenvalue weighted by molar-refractivity contribution is -0.130. The lowest BCUT2D eigenvalue weighted by Crippen LogP contribution is -2.50. The van der Waals surface area contributed by atoms with Gasteiger partial charge in [0, 0.05) is 58.2 Å². The van der Waals surface area contributed by atoms with Gasteiger partial charge in [-0.05, 0) is 18.2 Å². The van der Waals surface area contributed by atoms with E-state index in [1.807, 2.05) is 30.3 Å². The van der Waals surface area contributed by atoms with Crippen molar-refractivity contribution in [2.45, 2.75) is 6.92 Å². The Bertz CT molecular complexity index is 845. The van der Waals surface area contributed by atoms with Crippen molar-refractivity contribution in [3.63, 3.8) is 0 Å². The Labute approximate surface area is 158 Å². The predicted octanol–water partition coefficient (Wildman–Crippen LogP) is 1.66. The molecule has 1 aromatic carbocycles. The predicted molar refractivity (Wildman–Crippen MR) is 102 cm³/mol. The van der Waals surface area contributed by atoms with Crippen LogP contribution in [0.1, 0.15) is 27.6 Å². The van der Waals surface area contributed by atoms with E-state index in [1.54, 1.807) is 22.9 Å². The number of pyridine rings is 1. The zero-order valence-electron chi connectivity index (χ0n) is 15.5. The van der Waals surface area contributed by atoms with E-state index in [2.05, 4.69) is 4.98 Å². The summed E-state index contributed by atoms with van der Waals surface area (Å²) >= 11 is 0. The first-order valence-corrected chi connectivity index (χ1v) is 8.80. The number of piperazine rings is 1. The molecule has 2 aromatic rings. The van der Waals surface area contributed by atoms with Crippen molar-refractivity contribution in [3.05, 3.63) is 59.9 Å². The van der Waals surface area contributed by atoms with E-state index in [0.29, 0.717) is 37.3 Å². The second-order valence-electron chi connectivity index (χ2n) is 6.46. The van der Waals surface area contributed by atoms with E-state index in [9.17, 15) is 14.4 Å². The number of carbonyl (C=O) groups excluding carboxylic acids is 3. The molecule has 0 aliphatic carbocycles. The molecule has 1 aliphatic heterocycles. The molecule has 0 bridgehead atoms. The summed E-state index contributed by atoms with van der Waals surface area (Å²) in [5.74, 6) is -0.396. The topological polar surface area (TPSA) is 73.8 Å². The van der Waals surface area contributed by atoms with Gasteiger partial charge in [-0.2, -0.15) is 0 Å². The number of rotatable bonds is 3. The molecule has 3 amide bonds. The molecule has 0 N–H and O–H groups in total. The molecule has 3 rings (SSSR count). The van der Waals surface area contributed by atoms with Gasteiger partial charge in [-0.25, -0.2) is 0 Å². The van der Waals surface area contributed by atoms with Crippen molar-refractivity contribution in [3.8, 4) is 0 Å². The number of anilines is 1. The number of nitrogens with zero attached hydrogens (tertiary/aromatic N) is 4. The molecule has 0 spiro atoms. The number of hydrogen-bond acceptors (Lipinski definition) is 4. The van der Waals surface area contributed by atoms with Crippen molar-refractivity contribution in [1.82, 2.24) is 14.8 Å². The molecule has 0 atom stereocenters. The number of amides is 3. The van der Waals surface area contributed by atoms with Gasteiger partial charge < -0.3 is 14.7 Å². The number of hydrogen-bond donors (Lipinski definition) is 0. The average molecular weight is 366 g/mol. The summed E-state index contributed by atoms with van der Waals surface area (Å²) in [5, 5.41) is 0. The van der Waals surface area contributed by atoms with Gasteiger partial charge in [0.25, 0.3) is 11.8 Å². The monoisotopic (exact) mass is 366 g/mol. The molecule has 140 valence electrons. The largest absolute Gasteiger partial charge is 0.339 e. The Kier molecular flexibility index (Phi) is 5.49. The van der Waals surface area contributed by atoms with E-state index in [1.165, 1.54) is 24.2 Å². The normalized spacial score (nSPS) is 14.0. The first-order chi connectivity index (χ1) is 13.0. The second-order valence-corrected chi connectivity index (χ2v) is 6.46. The Balaban J connectivity index is 1.73. The lowest BCUT2D eigenvalue weighted by atomic mass is 10.1. The minimum absolute atomic E-state index is 0.0142. The van der Waals surface area contributed by atoms with Crippen molar-refractivity contribution >= 4 is 23.4 Å². The first kappa shape index (κ1) is 18.6. The fraction of sp³-hybridized carbons (Fsp3) is 0.300. The lowest BCUT2D eigenvalue weighted by Gasteiger charge is -2.34. The second kappa shape index (κ2) is 7.99. The third-order valence-corrected chi connectivity index (χ3v) is 4.69. The fourth-order valence-electron chi connectivity index (χ4n) is 3.04. The number of aromatic nitrogens is 1. The van der Waals surface area contributed by atoms with Crippen LogP contribution in [0.2, 0.25) is 0 Å². The van der Waals surface area contributed by atoms with Crippen LogP contribution in [-0.4, -0.2) is 65.7 Å². The molecular formula is C20H22N4O3. The summed E-state index contributed by atoms with van der Waals surface area (Å²) < 4.78 is 0. The minimum Gasteiger partial charge on any atom is -0.339 e. The molecule has 1 saturated heterocycles. The smallest absolute Gasteiger partial charge is 0.259 e. The zero-order chi connectivity index (χ0) is 19.4. The molecule has 7 heteroatoms. The summed E-state index contributed by atoms with van der Waals surface area (Å²) in [4.78, 5) is 45.9. The van der Waals surface area contributed by atoms with Crippen molar-refractivity contribution in [2.24, 2.45) is 0 Å². The van der Waals surface area contributed by atoms with Crippen LogP contribution in [-0.2, 0) is 4.79 Å². The van der Waals surface area contributed by atoms with Gasteiger partial charge in [0.15, 0.2) is 0 Å². The molecule has 0 radical (unpaired) electrons. The van der Waals surface area contributed by atoms with Gasteiger partial charge >= 0.3 is 0 Å². The highest BCUT2D eigenvalue weighted by molar-refractivity contribution is 6.07. The maximum absolute atomic E-state index is 12.7. The quantitative estimate of drug-likeness (QED) is 0.828. The fourth-order valence-corrected chi connectivity index (χ4v) is 3.04. The standard InChI is InChI=1S/C20H22N4O3/c1-15(25)23-8-10-24(11-9-23)20(27)17-12-16(13-21-14-17)19(26)22(2)18-6-4-3-5-7-18/h3-7,12-14H,8-11H2,1-2H3. The first-order valence-electron chi connectivity index (χ1n) is 8.80. The highest BCUT2D eigenvalue weighted by Crippen LogP contribution is 2.16. The van der Waals surface area contributed by atoms with Crippen LogP contribution >= 0.6 is 0 Å². The van der Waals surface area contributed by atoms with Crippen molar-refractivity contribution in [1.29, 1.82) is 0 Å². The third-order valence-electron chi connectivity index (χ3n) is 4.69. The number of para-hydroxylation sites is 1. The molecule has 1 fully saturated rings. The van der Waals surface area contributed by atoms with Crippen molar-refractivity contribution < 1.29 is 14.4 Å². The minimum atomic E-state index is -0.232. The van der Waals surface area contributed by atoms with Crippen LogP contribution < -0.4 is 4.90 Å². The van der Waals surface area contributed by atoms with Crippen LogP contribution in [0.5, 0.6) is 0 Å². The molecule has 27 heavy (non-hydrogen) atoms. The zero-order valence-corrected chi connectivity index (χ0v) is 15.5. The summed E-state index contributed by atoms with van der Waals surface area (Å²) in [6.07, 6.45) is 2.94. The van der Waals surface area contributed by atoms with Crippen molar-refractivity contribution in [2.75, 3.05) is 38.1 Å². The van der Waals surface area contributed by atoms with Crippen LogP contribution in [0.15, 0.2) is 48.8 Å². The van der Waals surface area contributed by atoms with E-state index >= 15 is 0 Å². The molecule has 2 heterocycles. The highest BCUT2D eigenvalue weighted by atomic mass is 16.2. The Morgan fingerprint density at radius 3 is 2.15 bits per heavy atom. The highest BCUT2D eigenvalue weighted by Gasteiger charge is 2.24. The third kappa shape index (κ3) is 4.13. The van der Waals surface area contributed by atoms with Crippen LogP contribution in [0.3, 0.4) is 0 Å². The van der Waals surface area contributed by atoms with Gasteiger partial charge in [0.1, 0.15) is 0 Å². The van der Waals surface area contributed by atoms with Gasteiger partial charge in [-0.15, -0.1) is 0 Å². The van der Waals surface area contributed by atoms with Gasteiger partial charge in [0.2, 0.25) is 5.91 Å². The Morgan fingerprint density at radius 2 is 1.52 bits per heavy atom. The Morgan fingerprint density at radius 1 is 0.926 bits per heavy atom. The van der Waals surface area contributed by atoms with E-state index in [-0.39, 0.29) is 17.7 Å². The van der Waals surface area contributed by atoms with Crippen LogP contribution in [0.4, 0.5) is 5.69 Å². The average Bonchev–Trinajstić information content (AvgIpc) is 2.73. The van der Waals surface area contributed by atoms with Gasteiger partial charge in [-0.1, -0.05) is 18.2 Å². The maximum atomic E-state index is 12.7. The SMILES string of the molecule is CC(=O)N1CCN(C(=O)c2cncc(C(=O)N(C)c3ccccc3)c2)CC1. The molecule has 7 nitrogen and oxygen atoms in total. The maximum Gasteiger partial charge on any atom is 0.259 e. The van der Waals surface area contributed by atoms with Crippen LogP contribution in [0.25, 0.3) is 0 Å². The summed E-state index contributed by atoms with van der Waals surface area (Å²) in [7, 11) is 1.69. The van der Waals surface area contributed by atoms with E-state index in [4.69, 9.17) is 0 Å². The summed E-state index contributed by atoms with van der Waals surface area (Å²) in [6, 6.07) is 10.9. The number of carbonyl (C=O) groups is 3. The molecule has 1 aromatic heterocycles. The Hall–Kier alpha value is -3.22. The summed E-state index contributed by atoms with van der Waals surface area (Å²) in [5.41, 5.74) is 1.49. The van der Waals surface area contributed by atoms with E-state index < -0.39 is 0 Å². The van der Waals surface area contributed by atoms with Crippen LogP contribution in [0, 0.1) is 0 Å². The van der Waals surface area contributed by atoms with E-state index in [0.717, 1.165) is 5.69 Å². The molecule has 0 unspecified atom stereocenters. The molecule has 0 saturated carbocycles. The molecule has 1 aliphatic rings. The number of benzene rings is 1. The summed E-state index contributed by atoms with van der Waals surface area (Å²) in [6.45, 7) is 3.51.